The van der Waals surface area contributed by atoms with Crippen molar-refractivity contribution in [1.82, 2.24) is 10.2 Å². The maximum atomic E-state index is 6.14. The normalized spacial score (nSPS) is 16.4. The first-order valence-electron chi connectivity index (χ1n) is 10.2. The van der Waals surface area contributed by atoms with Crippen molar-refractivity contribution in [2.24, 2.45) is 10.7 Å². The predicted molar refractivity (Wildman–Crippen MR) is 118 cm³/mol. The van der Waals surface area contributed by atoms with Gasteiger partial charge in [0.1, 0.15) is 5.75 Å². The van der Waals surface area contributed by atoms with E-state index in [9.17, 15) is 0 Å². The number of nitrogens with one attached hydrogen (secondary N) is 1. The lowest BCUT2D eigenvalue weighted by Gasteiger charge is -2.34. The maximum absolute atomic E-state index is 6.14. The molecule has 1 unspecified atom stereocenters. The molecule has 3 rings (SSSR count). The summed E-state index contributed by atoms with van der Waals surface area (Å²) in [6, 6.07) is 17.0. The molecule has 1 aliphatic heterocycles. The molecule has 3 N–H and O–H groups in total. The van der Waals surface area contributed by atoms with Crippen LogP contribution in [0.4, 0.5) is 0 Å². The minimum Gasteiger partial charge on any atom is -0.497 e. The Morgan fingerprint density at radius 2 is 1.83 bits per heavy atom. The molecular formula is C23H32N4O2. The molecule has 0 spiro atoms. The van der Waals surface area contributed by atoms with Crippen molar-refractivity contribution in [1.29, 1.82) is 0 Å². The van der Waals surface area contributed by atoms with Crippen LogP contribution in [0, 0.1) is 6.92 Å². The second-order valence-electron chi connectivity index (χ2n) is 7.33. The molecule has 0 aromatic heterocycles. The van der Waals surface area contributed by atoms with Crippen molar-refractivity contribution in [2.45, 2.75) is 19.4 Å². The molecule has 0 amide bonds. The molecule has 0 bridgehead atoms. The number of guanidine groups is 1. The summed E-state index contributed by atoms with van der Waals surface area (Å²) in [4.78, 5) is 7.07. The molecule has 1 atom stereocenters. The van der Waals surface area contributed by atoms with Gasteiger partial charge in [0.05, 0.1) is 32.9 Å². The number of rotatable bonds is 8. The van der Waals surface area contributed by atoms with Crippen LogP contribution >= 0.6 is 0 Å². The lowest BCUT2D eigenvalue weighted by atomic mass is 10.0. The van der Waals surface area contributed by atoms with Gasteiger partial charge in [-0.2, -0.15) is 0 Å². The SMILES string of the molecule is COc1ccc(CCNC(N)=NCC(c2ccc(C)cc2)N2CCOCC2)cc1. The highest BCUT2D eigenvalue weighted by Crippen LogP contribution is 2.22. The molecule has 0 aliphatic carbocycles. The van der Waals surface area contributed by atoms with Crippen molar-refractivity contribution in [3.05, 3.63) is 65.2 Å². The predicted octanol–water partition coefficient (Wildman–Crippen LogP) is 2.52. The molecule has 1 fully saturated rings. The van der Waals surface area contributed by atoms with E-state index in [1.165, 1.54) is 16.7 Å². The van der Waals surface area contributed by atoms with Gasteiger partial charge in [-0.15, -0.1) is 0 Å². The van der Waals surface area contributed by atoms with E-state index < -0.39 is 0 Å². The average Bonchev–Trinajstić information content (AvgIpc) is 2.76. The topological polar surface area (TPSA) is 72.1 Å². The van der Waals surface area contributed by atoms with Crippen molar-refractivity contribution < 1.29 is 9.47 Å². The molecule has 1 saturated heterocycles. The van der Waals surface area contributed by atoms with E-state index in [0.717, 1.165) is 45.0 Å². The van der Waals surface area contributed by atoms with Crippen molar-refractivity contribution in [3.63, 3.8) is 0 Å². The fourth-order valence-corrected chi connectivity index (χ4v) is 3.48. The minimum absolute atomic E-state index is 0.210. The number of hydrogen-bond donors (Lipinski definition) is 2. The van der Waals surface area contributed by atoms with Gasteiger partial charge in [-0.3, -0.25) is 9.89 Å². The fraction of sp³-hybridized carbons (Fsp3) is 0.435. The summed E-state index contributed by atoms with van der Waals surface area (Å²) in [5, 5.41) is 3.23. The van der Waals surface area contributed by atoms with Crippen molar-refractivity contribution >= 4 is 5.96 Å². The minimum atomic E-state index is 0.210. The summed E-state index contributed by atoms with van der Waals surface area (Å²) in [7, 11) is 1.68. The van der Waals surface area contributed by atoms with Gasteiger partial charge < -0.3 is 20.5 Å². The number of hydrogen-bond acceptors (Lipinski definition) is 4. The second-order valence-corrected chi connectivity index (χ2v) is 7.33. The van der Waals surface area contributed by atoms with Gasteiger partial charge in [0.15, 0.2) is 5.96 Å². The molecule has 156 valence electrons. The molecule has 29 heavy (non-hydrogen) atoms. The Kier molecular flexibility index (Phi) is 7.90. The maximum Gasteiger partial charge on any atom is 0.188 e. The lowest BCUT2D eigenvalue weighted by molar-refractivity contribution is 0.0180. The van der Waals surface area contributed by atoms with E-state index in [1.807, 2.05) is 12.1 Å². The zero-order chi connectivity index (χ0) is 20.5. The molecule has 1 aliphatic rings. The molecule has 2 aromatic carbocycles. The lowest BCUT2D eigenvalue weighted by Crippen LogP contribution is -2.41. The van der Waals surface area contributed by atoms with Crippen LogP contribution in [0.2, 0.25) is 0 Å². The standard InChI is InChI=1S/C23H32N4O2/c1-18-3-7-20(8-4-18)22(27-13-15-29-16-14-27)17-26-23(24)25-12-11-19-5-9-21(28-2)10-6-19/h3-10,22H,11-17H2,1-2H3,(H3,24,25,26). The van der Waals surface area contributed by atoms with Crippen LogP contribution in [0.5, 0.6) is 5.75 Å². The monoisotopic (exact) mass is 396 g/mol. The summed E-state index contributed by atoms with van der Waals surface area (Å²) in [6.07, 6.45) is 0.880. The van der Waals surface area contributed by atoms with Gasteiger partial charge >= 0.3 is 0 Å². The summed E-state index contributed by atoms with van der Waals surface area (Å²) in [5.74, 6) is 1.36. The Bertz CT molecular complexity index is 768. The van der Waals surface area contributed by atoms with E-state index in [1.54, 1.807) is 7.11 Å². The van der Waals surface area contributed by atoms with Crippen LogP contribution in [0.1, 0.15) is 22.7 Å². The quantitative estimate of drug-likeness (QED) is 0.530. The highest BCUT2D eigenvalue weighted by atomic mass is 16.5. The van der Waals surface area contributed by atoms with E-state index >= 15 is 0 Å². The Morgan fingerprint density at radius 1 is 1.14 bits per heavy atom. The van der Waals surface area contributed by atoms with Gasteiger partial charge in [-0.25, -0.2) is 0 Å². The van der Waals surface area contributed by atoms with Crippen molar-refractivity contribution in [3.8, 4) is 5.75 Å². The smallest absolute Gasteiger partial charge is 0.188 e. The molecule has 1 heterocycles. The van der Waals surface area contributed by atoms with Crippen LogP contribution in [0.15, 0.2) is 53.5 Å². The highest BCUT2D eigenvalue weighted by molar-refractivity contribution is 5.77. The highest BCUT2D eigenvalue weighted by Gasteiger charge is 2.22. The Morgan fingerprint density at radius 3 is 2.48 bits per heavy atom. The third-order valence-corrected chi connectivity index (χ3v) is 5.26. The Hall–Kier alpha value is -2.57. The first-order chi connectivity index (χ1) is 14.2. The second kappa shape index (κ2) is 10.8. The number of benzene rings is 2. The molecule has 2 aromatic rings. The van der Waals surface area contributed by atoms with Crippen LogP contribution in [-0.4, -0.2) is 57.4 Å². The number of aryl methyl sites for hydroxylation is 1. The average molecular weight is 397 g/mol. The third kappa shape index (κ3) is 6.48. The van der Waals surface area contributed by atoms with Crippen molar-refractivity contribution in [2.75, 3.05) is 46.5 Å². The number of methoxy groups -OCH3 is 1. The van der Waals surface area contributed by atoms with Crippen LogP contribution in [0.3, 0.4) is 0 Å². The summed E-state index contributed by atoms with van der Waals surface area (Å²) >= 11 is 0. The first-order valence-corrected chi connectivity index (χ1v) is 10.2. The first kappa shape index (κ1) is 21.1. The van der Waals surface area contributed by atoms with Gasteiger partial charge in [-0.1, -0.05) is 42.0 Å². The van der Waals surface area contributed by atoms with Crippen LogP contribution in [-0.2, 0) is 11.2 Å². The number of ether oxygens (including phenoxy) is 2. The van der Waals surface area contributed by atoms with E-state index in [2.05, 4.69) is 58.5 Å². The van der Waals surface area contributed by atoms with Crippen LogP contribution < -0.4 is 15.8 Å². The van der Waals surface area contributed by atoms with Gasteiger partial charge in [0.25, 0.3) is 0 Å². The molecule has 0 radical (unpaired) electrons. The number of aliphatic imine (C=N–C) groups is 1. The largest absolute Gasteiger partial charge is 0.497 e. The third-order valence-electron chi connectivity index (χ3n) is 5.26. The molecular weight excluding hydrogens is 364 g/mol. The summed E-state index contributed by atoms with van der Waals surface area (Å²) < 4.78 is 10.7. The number of nitrogens with two attached hydrogens (primary N) is 1. The van der Waals surface area contributed by atoms with E-state index in [4.69, 9.17) is 15.2 Å². The Labute approximate surface area is 173 Å². The molecule has 6 nitrogen and oxygen atoms in total. The fourth-order valence-electron chi connectivity index (χ4n) is 3.48. The van der Waals surface area contributed by atoms with Gasteiger partial charge in [0, 0.05) is 19.6 Å². The number of nitrogens with zero attached hydrogens (tertiary/aromatic N) is 2. The summed E-state index contributed by atoms with van der Waals surface area (Å²) in [5.41, 5.74) is 9.90. The van der Waals surface area contributed by atoms with Gasteiger partial charge in [0.2, 0.25) is 0 Å². The van der Waals surface area contributed by atoms with Crippen LogP contribution in [0.25, 0.3) is 0 Å². The zero-order valence-electron chi connectivity index (χ0n) is 17.4. The zero-order valence-corrected chi connectivity index (χ0v) is 17.4. The summed E-state index contributed by atoms with van der Waals surface area (Å²) in [6.45, 7) is 6.84. The van der Waals surface area contributed by atoms with E-state index in [-0.39, 0.29) is 6.04 Å². The van der Waals surface area contributed by atoms with Gasteiger partial charge in [-0.05, 0) is 36.6 Å². The van der Waals surface area contributed by atoms with E-state index in [0.29, 0.717) is 12.5 Å². The molecule has 6 heteroatoms. The molecule has 0 saturated carbocycles. The number of morpholine rings is 1. The Balaban J connectivity index is 1.56.